The third-order valence-corrected chi connectivity index (χ3v) is 6.60. The Bertz CT molecular complexity index is 1440. The van der Waals surface area contributed by atoms with E-state index in [4.69, 9.17) is 11.6 Å². The third kappa shape index (κ3) is 5.33. The summed E-state index contributed by atoms with van der Waals surface area (Å²) in [7, 11) is -3.74. The molecule has 170 valence electrons. The molecule has 8 heteroatoms. The molecule has 0 aromatic heterocycles. The van der Waals surface area contributed by atoms with Gasteiger partial charge in [0, 0.05) is 27.4 Å². The van der Waals surface area contributed by atoms with Crippen LogP contribution in [0.25, 0.3) is 0 Å². The monoisotopic (exact) mass is 490 g/mol. The van der Waals surface area contributed by atoms with Gasteiger partial charge in [-0.25, -0.2) is 8.42 Å². The smallest absolute Gasteiger partial charge is 0.261 e. The Labute approximate surface area is 202 Å². The second-order valence-electron chi connectivity index (χ2n) is 7.34. The number of amides is 1. The zero-order valence-electron chi connectivity index (χ0n) is 17.7. The summed E-state index contributed by atoms with van der Waals surface area (Å²) < 4.78 is 27.4. The fourth-order valence-corrected chi connectivity index (χ4v) is 4.51. The van der Waals surface area contributed by atoms with Gasteiger partial charge in [0.25, 0.3) is 15.9 Å². The first-order chi connectivity index (χ1) is 16.3. The zero-order valence-corrected chi connectivity index (χ0v) is 19.3. The highest BCUT2D eigenvalue weighted by atomic mass is 35.5. The largest absolute Gasteiger partial charge is 0.321 e. The lowest BCUT2D eigenvalue weighted by Crippen LogP contribution is -2.16. The summed E-state index contributed by atoms with van der Waals surface area (Å²) in [5, 5.41) is 3.11. The number of hydrogen-bond donors (Lipinski definition) is 2. The number of anilines is 2. The van der Waals surface area contributed by atoms with E-state index in [0.717, 1.165) is 0 Å². The van der Waals surface area contributed by atoms with Crippen molar-refractivity contribution in [2.24, 2.45) is 0 Å². The Kier molecular flexibility index (Phi) is 6.77. The van der Waals surface area contributed by atoms with E-state index in [9.17, 15) is 18.0 Å². The van der Waals surface area contributed by atoms with E-state index in [1.54, 1.807) is 60.7 Å². The molecule has 0 aliphatic carbocycles. The SMILES string of the molecule is O=C(Nc1ccc(Cl)cc1C(=O)c1ccccc1)c1ccc(NS(=O)(=O)c2ccccc2)cc1. The number of ketones is 1. The molecule has 0 bridgehead atoms. The number of carbonyl (C=O) groups excluding carboxylic acids is 2. The van der Waals surface area contributed by atoms with Gasteiger partial charge in [0.2, 0.25) is 0 Å². The van der Waals surface area contributed by atoms with Crippen molar-refractivity contribution in [1.82, 2.24) is 0 Å². The van der Waals surface area contributed by atoms with Crippen LogP contribution in [-0.2, 0) is 10.0 Å². The average Bonchev–Trinajstić information content (AvgIpc) is 2.86. The molecule has 0 aliphatic heterocycles. The van der Waals surface area contributed by atoms with Gasteiger partial charge in [-0.1, -0.05) is 60.1 Å². The van der Waals surface area contributed by atoms with E-state index in [2.05, 4.69) is 10.0 Å². The summed E-state index contributed by atoms with van der Waals surface area (Å²) in [6.07, 6.45) is 0. The van der Waals surface area contributed by atoms with Gasteiger partial charge in [0.15, 0.2) is 5.78 Å². The normalized spacial score (nSPS) is 11.0. The fraction of sp³-hybridized carbons (Fsp3) is 0. The quantitative estimate of drug-likeness (QED) is 0.329. The Hall–Kier alpha value is -3.94. The number of benzene rings is 4. The standard InChI is InChI=1S/C26H19ClN2O4S/c27-20-13-16-24(23(17-20)25(30)18-7-3-1-4-8-18)28-26(31)19-11-14-21(15-12-19)29-34(32,33)22-9-5-2-6-10-22/h1-17,29H,(H,28,31). The van der Waals surface area contributed by atoms with Crippen LogP contribution in [0.4, 0.5) is 11.4 Å². The highest BCUT2D eigenvalue weighted by Crippen LogP contribution is 2.25. The van der Waals surface area contributed by atoms with E-state index < -0.39 is 15.9 Å². The minimum atomic E-state index is -3.74. The van der Waals surface area contributed by atoms with Crippen molar-refractivity contribution in [3.8, 4) is 0 Å². The van der Waals surface area contributed by atoms with Crippen molar-refractivity contribution in [3.63, 3.8) is 0 Å². The number of hydrogen-bond acceptors (Lipinski definition) is 4. The summed E-state index contributed by atoms with van der Waals surface area (Å²) in [6, 6.07) is 27.3. The van der Waals surface area contributed by atoms with Gasteiger partial charge in [-0.2, -0.15) is 0 Å². The molecule has 6 nitrogen and oxygen atoms in total. The molecule has 0 saturated carbocycles. The van der Waals surface area contributed by atoms with Gasteiger partial charge >= 0.3 is 0 Å². The Balaban J connectivity index is 1.52. The summed E-state index contributed by atoms with van der Waals surface area (Å²) in [5.74, 6) is -0.731. The molecule has 1 amide bonds. The minimum absolute atomic E-state index is 0.134. The predicted octanol–water partition coefficient (Wildman–Crippen LogP) is 5.62. The lowest BCUT2D eigenvalue weighted by Gasteiger charge is -2.12. The van der Waals surface area contributed by atoms with E-state index in [1.165, 1.54) is 42.5 Å². The highest BCUT2D eigenvalue weighted by molar-refractivity contribution is 7.92. The van der Waals surface area contributed by atoms with Crippen LogP contribution in [-0.4, -0.2) is 20.1 Å². The van der Waals surface area contributed by atoms with E-state index >= 15 is 0 Å². The van der Waals surface area contributed by atoms with Gasteiger partial charge < -0.3 is 5.32 Å². The van der Waals surface area contributed by atoms with E-state index in [1.807, 2.05) is 0 Å². The van der Waals surface area contributed by atoms with Crippen molar-refractivity contribution in [3.05, 3.63) is 125 Å². The summed E-state index contributed by atoms with van der Waals surface area (Å²) in [4.78, 5) is 25.9. The van der Waals surface area contributed by atoms with Gasteiger partial charge in [-0.3, -0.25) is 14.3 Å². The summed E-state index contributed by atoms with van der Waals surface area (Å²) in [6.45, 7) is 0. The number of sulfonamides is 1. The molecule has 34 heavy (non-hydrogen) atoms. The summed E-state index contributed by atoms with van der Waals surface area (Å²) >= 11 is 6.10. The molecule has 0 unspecified atom stereocenters. The van der Waals surface area contributed by atoms with E-state index in [0.29, 0.717) is 22.0 Å². The Morgan fingerprint density at radius 1 is 0.706 bits per heavy atom. The van der Waals surface area contributed by atoms with Crippen molar-refractivity contribution in [2.75, 3.05) is 10.0 Å². The lowest BCUT2D eigenvalue weighted by atomic mass is 10.0. The second kappa shape index (κ2) is 9.91. The molecule has 0 aliphatic rings. The lowest BCUT2D eigenvalue weighted by molar-refractivity contribution is 0.102. The minimum Gasteiger partial charge on any atom is -0.321 e. The molecule has 0 spiro atoms. The zero-order chi connectivity index (χ0) is 24.1. The number of rotatable bonds is 7. The highest BCUT2D eigenvalue weighted by Gasteiger charge is 2.17. The molecule has 4 aromatic carbocycles. The first-order valence-corrected chi connectivity index (χ1v) is 12.1. The number of carbonyl (C=O) groups is 2. The van der Waals surface area contributed by atoms with Crippen molar-refractivity contribution >= 4 is 44.7 Å². The van der Waals surface area contributed by atoms with Gasteiger partial charge in [0.05, 0.1) is 10.6 Å². The molecule has 2 N–H and O–H groups in total. The van der Waals surface area contributed by atoms with Crippen molar-refractivity contribution in [2.45, 2.75) is 4.90 Å². The molecular formula is C26H19ClN2O4S. The predicted molar refractivity (Wildman–Crippen MR) is 133 cm³/mol. The Morgan fingerprint density at radius 2 is 1.32 bits per heavy atom. The molecule has 0 saturated heterocycles. The van der Waals surface area contributed by atoms with Gasteiger partial charge in [0.1, 0.15) is 0 Å². The van der Waals surface area contributed by atoms with Gasteiger partial charge in [-0.05, 0) is 54.6 Å². The molecule has 0 fully saturated rings. The summed E-state index contributed by atoms with van der Waals surface area (Å²) in [5.41, 5.74) is 1.65. The average molecular weight is 491 g/mol. The van der Waals surface area contributed by atoms with Crippen molar-refractivity contribution < 1.29 is 18.0 Å². The van der Waals surface area contributed by atoms with Crippen LogP contribution >= 0.6 is 11.6 Å². The molecule has 0 atom stereocenters. The maximum absolute atomic E-state index is 13.0. The maximum Gasteiger partial charge on any atom is 0.261 e. The fourth-order valence-electron chi connectivity index (χ4n) is 3.26. The topological polar surface area (TPSA) is 92.3 Å². The molecule has 0 heterocycles. The van der Waals surface area contributed by atoms with Crippen LogP contribution in [0.5, 0.6) is 0 Å². The van der Waals surface area contributed by atoms with E-state index in [-0.39, 0.29) is 21.8 Å². The van der Waals surface area contributed by atoms with Crippen LogP contribution in [0, 0.1) is 0 Å². The van der Waals surface area contributed by atoms with Crippen LogP contribution in [0.15, 0.2) is 108 Å². The van der Waals surface area contributed by atoms with Gasteiger partial charge in [-0.15, -0.1) is 0 Å². The third-order valence-electron chi connectivity index (χ3n) is 4.96. The molecule has 0 radical (unpaired) electrons. The van der Waals surface area contributed by atoms with Crippen molar-refractivity contribution in [1.29, 1.82) is 0 Å². The van der Waals surface area contributed by atoms with Crippen LogP contribution in [0.3, 0.4) is 0 Å². The molecule has 4 rings (SSSR count). The first-order valence-electron chi connectivity index (χ1n) is 10.2. The second-order valence-corrected chi connectivity index (χ2v) is 9.45. The molecule has 4 aromatic rings. The number of halogens is 1. The van der Waals surface area contributed by atoms with Crippen LogP contribution in [0.2, 0.25) is 5.02 Å². The van der Waals surface area contributed by atoms with Crippen LogP contribution in [0.1, 0.15) is 26.3 Å². The van der Waals surface area contributed by atoms with Crippen LogP contribution < -0.4 is 10.0 Å². The molecular weight excluding hydrogens is 472 g/mol. The first kappa shape index (κ1) is 23.2. The number of nitrogens with one attached hydrogen (secondary N) is 2. The Morgan fingerprint density at radius 3 is 1.97 bits per heavy atom. The maximum atomic E-state index is 13.0.